The van der Waals surface area contributed by atoms with Crippen molar-refractivity contribution in [2.45, 2.75) is 38.2 Å². The normalized spacial score (nSPS) is 24.6. The quantitative estimate of drug-likeness (QED) is 0.478. The largest absolute Gasteiger partial charge is 0.351 e. The second-order valence-electron chi connectivity index (χ2n) is 2.74. The Labute approximate surface area is 68.1 Å². The molecule has 11 heavy (non-hydrogen) atoms. The van der Waals surface area contributed by atoms with Gasteiger partial charge in [-0.05, 0) is 19.3 Å². The molecule has 0 fully saturated rings. The van der Waals surface area contributed by atoms with Crippen molar-refractivity contribution >= 4 is 0 Å². The van der Waals surface area contributed by atoms with E-state index in [1.807, 2.05) is 0 Å². The van der Waals surface area contributed by atoms with Gasteiger partial charge >= 0.3 is 0 Å². The van der Waals surface area contributed by atoms with Gasteiger partial charge in [-0.1, -0.05) is 12.3 Å². The van der Waals surface area contributed by atoms with E-state index in [1.54, 1.807) is 0 Å². The fourth-order valence-corrected chi connectivity index (χ4v) is 1.22. The zero-order chi connectivity index (χ0) is 7.94. The minimum atomic E-state index is 0.0975. The van der Waals surface area contributed by atoms with Crippen LogP contribution in [-0.2, 0) is 4.74 Å². The maximum atomic E-state index is 5.26. The number of hydrogen-bond acceptors (Lipinski definition) is 2. The lowest BCUT2D eigenvalue weighted by molar-refractivity contribution is 0.0887. The Balaban J connectivity index is 2.34. The van der Waals surface area contributed by atoms with Gasteiger partial charge in [0.2, 0.25) is 0 Å². The fourth-order valence-electron chi connectivity index (χ4n) is 1.22. The molecule has 0 aliphatic heterocycles. The Hall–Kier alpha value is -0.520. The molecular formula is C9H15NO. The summed E-state index contributed by atoms with van der Waals surface area (Å²) in [6.45, 7) is 0.291. The minimum Gasteiger partial charge on any atom is -0.351 e. The number of ether oxygens (including phenoxy) is 1. The molecule has 0 aromatic heterocycles. The summed E-state index contributed by atoms with van der Waals surface area (Å²) < 4.78 is 5.22. The van der Waals surface area contributed by atoms with Crippen molar-refractivity contribution < 1.29 is 4.74 Å². The smallest absolute Gasteiger partial charge is 0.119 e. The van der Waals surface area contributed by atoms with Crippen molar-refractivity contribution in [1.29, 1.82) is 0 Å². The van der Waals surface area contributed by atoms with Crippen LogP contribution in [0.25, 0.3) is 0 Å². The molecule has 1 aliphatic rings. The highest BCUT2D eigenvalue weighted by atomic mass is 16.5. The topological polar surface area (TPSA) is 35.2 Å². The molecule has 1 unspecified atom stereocenters. The fraction of sp³-hybridized carbons (Fsp3) is 0.778. The Bertz CT molecular complexity index is 157. The summed E-state index contributed by atoms with van der Waals surface area (Å²) in [4.78, 5) is 0. The van der Waals surface area contributed by atoms with Crippen LogP contribution in [0.1, 0.15) is 32.1 Å². The summed E-state index contributed by atoms with van der Waals surface area (Å²) in [5.41, 5.74) is 5.26. The maximum absolute atomic E-state index is 5.26. The van der Waals surface area contributed by atoms with Gasteiger partial charge in [-0.15, -0.1) is 5.92 Å². The number of rotatable bonds is 2. The summed E-state index contributed by atoms with van der Waals surface area (Å²) in [6.07, 6.45) is 5.90. The zero-order valence-electron chi connectivity index (χ0n) is 6.81. The first-order valence-corrected chi connectivity index (χ1v) is 4.23. The van der Waals surface area contributed by atoms with Gasteiger partial charge in [-0.25, -0.2) is 0 Å². The molecule has 1 rings (SSSR count). The average Bonchev–Trinajstić information content (AvgIpc) is 1.94. The van der Waals surface area contributed by atoms with Crippen molar-refractivity contribution in [2.24, 2.45) is 5.73 Å². The maximum Gasteiger partial charge on any atom is 0.119 e. The molecule has 0 amide bonds. The predicted octanol–water partition coefficient (Wildman–Crippen LogP) is 1.26. The molecule has 62 valence electrons. The summed E-state index contributed by atoms with van der Waals surface area (Å²) in [7, 11) is 0. The summed E-state index contributed by atoms with van der Waals surface area (Å²) in [5.74, 6) is 6.16. The first kappa shape index (κ1) is 8.58. The van der Waals surface area contributed by atoms with Gasteiger partial charge in [0.15, 0.2) is 0 Å². The van der Waals surface area contributed by atoms with Crippen molar-refractivity contribution in [3.63, 3.8) is 0 Å². The Morgan fingerprint density at radius 3 is 3.09 bits per heavy atom. The first-order valence-electron chi connectivity index (χ1n) is 4.23. The van der Waals surface area contributed by atoms with E-state index >= 15 is 0 Å². The highest BCUT2D eigenvalue weighted by Gasteiger charge is 2.04. The lowest BCUT2D eigenvalue weighted by Crippen LogP contribution is -2.16. The van der Waals surface area contributed by atoms with Crippen molar-refractivity contribution in [2.75, 3.05) is 6.73 Å². The number of hydrogen-bond donors (Lipinski definition) is 1. The predicted molar refractivity (Wildman–Crippen MR) is 44.8 cm³/mol. The van der Waals surface area contributed by atoms with Gasteiger partial charge in [0.25, 0.3) is 0 Å². The van der Waals surface area contributed by atoms with Crippen molar-refractivity contribution in [1.82, 2.24) is 0 Å². The molecule has 0 bridgehead atoms. The second kappa shape index (κ2) is 5.17. The highest BCUT2D eigenvalue weighted by molar-refractivity contribution is 5.05. The summed E-state index contributed by atoms with van der Waals surface area (Å²) in [5, 5.41) is 0. The molecule has 2 heteroatoms. The van der Waals surface area contributed by atoms with Gasteiger partial charge in [0, 0.05) is 6.42 Å². The van der Waals surface area contributed by atoms with Gasteiger partial charge < -0.3 is 10.5 Å². The first-order chi connectivity index (χ1) is 5.43. The van der Waals surface area contributed by atoms with E-state index in [2.05, 4.69) is 11.8 Å². The van der Waals surface area contributed by atoms with E-state index in [9.17, 15) is 0 Å². The molecule has 0 aromatic rings. The van der Waals surface area contributed by atoms with Crippen LogP contribution in [0.5, 0.6) is 0 Å². The van der Waals surface area contributed by atoms with Crippen molar-refractivity contribution in [3.05, 3.63) is 0 Å². The molecule has 0 saturated heterocycles. The van der Waals surface area contributed by atoms with Crippen LogP contribution in [0, 0.1) is 11.8 Å². The van der Waals surface area contributed by atoms with E-state index in [0.29, 0.717) is 6.73 Å². The van der Waals surface area contributed by atoms with Crippen LogP contribution in [0.15, 0.2) is 0 Å². The molecule has 0 saturated carbocycles. The van der Waals surface area contributed by atoms with E-state index in [0.717, 1.165) is 12.8 Å². The molecule has 0 heterocycles. The molecule has 2 nitrogen and oxygen atoms in total. The zero-order valence-corrected chi connectivity index (χ0v) is 6.81. The Kier molecular flexibility index (Phi) is 4.03. The molecule has 1 atom stereocenters. The van der Waals surface area contributed by atoms with Crippen LogP contribution < -0.4 is 5.73 Å². The molecular weight excluding hydrogens is 138 g/mol. The van der Waals surface area contributed by atoms with Crippen molar-refractivity contribution in [3.8, 4) is 11.8 Å². The third kappa shape index (κ3) is 3.41. The third-order valence-electron chi connectivity index (χ3n) is 1.83. The molecule has 2 N–H and O–H groups in total. The van der Waals surface area contributed by atoms with Gasteiger partial charge in [-0.3, -0.25) is 0 Å². The van der Waals surface area contributed by atoms with E-state index < -0.39 is 0 Å². The molecule has 0 spiro atoms. The van der Waals surface area contributed by atoms with E-state index in [1.165, 1.54) is 19.3 Å². The molecule has 1 aliphatic carbocycles. The highest BCUT2D eigenvalue weighted by Crippen LogP contribution is 2.09. The Morgan fingerprint density at radius 2 is 2.27 bits per heavy atom. The van der Waals surface area contributed by atoms with Crippen LogP contribution in [0.3, 0.4) is 0 Å². The monoisotopic (exact) mass is 153 g/mol. The second-order valence-corrected chi connectivity index (χ2v) is 2.74. The van der Waals surface area contributed by atoms with E-state index in [-0.39, 0.29) is 6.10 Å². The van der Waals surface area contributed by atoms with Gasteiger partial charge in [-0.2, -0.15) is 0 Å². The lowest BCUT2D eigenvalue weighted by atomic mass is 10.1. The molecule has 0 radical (unpaired) electrons. The van der Waals surface area contributed by atoms with Crippen LogP contribution >= 0.6 is 0 Å². The van der Waals surface area contributed by atoms with Gasteiger partial charge in [0.1, 0.15) is 6.10 Å². The minimum absolute atomic E-state index is 0.0975. The number of nitrogens with two attached hydrogens (primary N) is 1. The summed E-state index contributed by atoms with van der Waals surface area (Å²) >= 11 is 0. The third-order valence-corrected chi connectivity index (χ3v) is 1.83. The van der Waals surface area contributed by atoms with Crippen LogP contribution in [-0.4, -0.2) is 12.8 Å². The van der Waals surface area contributed by atoms with E-state index in [4.69, 9.17) is 10.5 Å². The molecule has 0 aromatic carbocycles. The van der Waals surface area contributed by atoms with Crippen LogP contribution in [0.2, 0.25) is 0 Å². The SMILES string of the molecule is NCOC1C#CCCCCC1. The average molecular weight is 153 g/mol. The Morgan fingerprint density at radius 1 is 1.36 bits per heavy atom. The van der Waals surface area contributed by atoms with Crippen LogP contribution in [0.4, 0.5) is 0 Å². The van der Waals surface area contributed by atoms with Gasteiger partial charge in [0.05, 0.1) is 6.73 Å². The lowest BCUT2D eigenvalue weighted by Gasteiger charge is -2.11. The standard InChI is InChI=1S/C9H15NO/c10-8-11-9-6-4-2-1-3-5-7-9/h9H,1-4,6,8,10H2. The summed E-state index contributed by atoms with van der Waals surface area (Å²) in [6, 6.07) is 0.